The molecule has 1 heterocycles. The molecular weight excluding hydrogens is 194 g/mol. The number of aromatic nitrogens is 1. The first-order valence-electron chi connectivity index (χ1n) is 4.89. The molecule has 1 aromatic heterocycles. The smallest absolute Gasteiger partial charge is 0.0751 e. The van der Waals surface area contributed by atoms with Crippen molar-refractivity contribution in [3.05, 3.63) is 41.0 Å². The summed E-state index contributed by atoms with van der Waals surface area (Å²) in [5, 5.41) is 1.89. The van der Waals surface area contributed by atoms with Gasteiger partial charge in [-0.15, -0.1) is 0 Å². The molecule has 0 atom stereocenters. The zero-order valence-electron chi connectivity index (χ0n) is 7.70. The van der Waals surface area contributed by atoms with Crippen LogP contribution in [0.4, 0.5) is 0 Å². The van der Waals surface area contributed by atoms with Gasteiger partial charge in [0.2, 0.25) is 0 Å². The lowest BCUT2D eigenvalue weighted by Gasteiger charge is -2.04. The molecule has 0 unspecified atom stereocenters. The summed E-state index contributed by atoms with van der Waals surface area (Å²) in [6.07, 6.45) is 4.39. The first-order chi connectivity index (χ1) is 6.86. The van der Waals surface area contributed by atoms with Gasteiger partial charge < -0.3 is 0 Å². The van der Waals surface area contributed by atoms with E-state index in [1.54, 1.807) is 6.20 Å². The van der Waals surface area contributed by atoms with Gasteiger partial charge >= 0.3 is 0 Å². The molecule has 0 radical (unpaired) electrons. The number of pyridine rings is 1. The van der Waals surface area contributed by atoms with E-state index in [0.29, 0.717) is 0 Å². The number of hydrogen-bond donors (Lipinski definition) is 0. The predicted molar refractivity (Wildman–Crippen MR) is 58.7 cm³/mol. The fourth-order valence-electron chi connectivity index (χ4n) is 1.89. The minimum absolute atomic E-state index is 0.727. The highest BCUT2D eigenvalue weighted by Gasteiger charge is 2.25. The Hall–Kier alpha value is -1.08. The summed E-state index contributed by atoms with van der Waals surface area (Å²) in [6, 6.07) is 8.13. The Kier molecular flexibility index (Phi) is 1.74. The van der Waals surface area contributed by atoms with Crippen LogP contribution in [-0.4, -0.2) is 4.98 Å². The molecule has 0 N–H and O–H groups in total. The Balaban J connectivity index is 2.35. The third-order valence-electron chi connectivity index (χ3n) is 2.77. The lowest BCUT2D eigenvalue weighted by molar-refractivity contribution is 1.14. The number of hydrogen-bond acceptors (Lipinski definition) is 1. The second kappa shape index (κ2) is 2.96. The van der Waals surface area contributed by atoms with Crippen LogP contribution >= 0.6 is 11.6 Å². The second-order valence-electron chi connectivity index (χ2n) is 3.81. The lowest BCUT2D eigenvalue weighted by atomic mass is 10.1. The van der Waals surface area contributed by atoms with Crippen LogP contribution in [0.3, 0.4) is 0 Å². The highest BCUT2D eigenvalue weighted by Crippen LogP contribution is 2.43. The molecule has 3 rings (SSSR count). The Morgan fingerprint density at radius 1 is 1.21 bits per heavy atom. The fourth-order valence-corrected chi connectivity index (χ4v) is 2.10. The van der Waals surface area contributed by atoms with Crippen LogP contribution < -0.4 is 0 Å². The summed E-state index contributed by atoms with van der Waals surface area (Å²) in [5.41, 5.74) is 2.45. The van der Waals surface area contributed by atoms with E-state index in [1.807, 2.05) is 12.1 Å². The van der Waals surface area contributed by atoms with E-state index >= 15 is 0 Å². The molecule has 2 aromatic rings. The van der Waals surface area contributed by atoms with Crippen molar-refractivity contribution >= 4 is 22.5 Å². The van der Waals surface area contributed by atoms with Gasteiger partial charge in [-0.25, -0.2) is 0 Å². The van der Waals surface area contributed by atoms with Crippen molar-refractivity contribution in [2.75, 3.05) is 0 Å². The van der Waals surface area contributed by atoms with Gasteiger partial charge in [0, 0.05) is 11.6 Å². The van der Waals surface area contributed by atoms with Gasteiger partial charge in [-0.3, -0.25) is 4.98 Å². The SMILES string of the molecule is Clc1ccnc2c(C3CC3)cccc12. The number of rotatable bonds is 1. The van der Waals surface area contributed by atoms with Gasteiger partial charge in [0.05, 0.1) is 10.5 Å². The minimum Gasteiger partial charge on any atom is -0.256 e. The molecule has 0 aliphatic heterocycles. The van der Waals surface area contributed by atoms with Gasteiger partial charge in [0.15, 0.2) is 0 Å². The Labute approximate surface area is 87.7 Å². The lowest BCUT2D eigenvalue weighted by Crippen LogP contribution is -1.86. The standard InChI is InChI=1S/C12H10ClN/c13-11-6-7-14-12-9(8-4-5-8)2-1-3-10(11)12/h1-3,6-8H,4-5H2. The average molecular weight is 204 g/mol. The summed E-state index contributed by atoms with van der Waals surface area (Å²) in [6.45, 7) is 0. The summed E-state index contributed by atoms with van der Waals surface area (Å²) in [7, 11) is 0. The first-order valence-corrected chi connectivity index (χ1v) is 5.27. The van der Waals surface area contributed by atoms with E-state index in [2.05, 4.69) is 17.1 Å². The van der Waals surface area contributed by atoms with Crippen molar-refractivity contribution in [1.82, 2.24) is 4.98 Å². The summed E-state index contributed by atoms with van der Waals surface area (Å²) >= 11 is 6.11. The molecule has 1 aliphatic rings. The van der Waals surface area contributed by atoms with Crippen molar-refractivity contribution in [1.29, 1.82) is 0 Å². The maximum atomic E-state index is 6.11. The van der Waals surface area contributed by atoms with Crippen LogP contribution in [0.25, 0.3) is 10.9 Å². The van der Waals surface area contributed by atoms with Crippen molar-refractivity contribution in [2.45, 2.75) is 18.8 Å². The third-order valence-corrected chi connectivity index (χ3v) is 3.10. The normalized spacial score (nSPS) is 16.1. The van der Waals surface area contributed by atoms with Crippen molar-refractivity contribution in [3.63, 3.8) is 0 Å². The third kappa shape index (κ3) is 1.20. The van der Waals surface area contributed by atoms with E-state index in [-0.39, 0.29) is 0 Å². The first kappa shape index (κ1) is 8.25. The van der Waals surface area contributed by atoms with Gasteiger partial charge in [0.1, 0.15) is 0 Å². The van der Waals surface area contributed by atoms with E-state index in [4.69, 9.17) is 11.6 Å². The van der Waals surface area contributed by atoms with E-state index in [1.165, 1.54) is 18.4 Å². The highest BCUT2D eigenvalue weighted by atomic mass is 35.5. The molecule has 70 valence electrons. The molecule has 0 saturated heterocycles. The number of fused-ring (bicyclic) bond motifs is 1. The molecule has 1 nitrogen and oxygen atoms in total. The van der Waals surface area contributed by atoms with Crippen LogP contribution in [0, 0.1) is 0 Å². The topological polar surface area (TPSA) is 12.9 Å². The molecule has 1 aliphatic carbocycles. The van der Waals surface area contributed by atoms with E-state index < -0.39 is 0 Å². The summed E-state index contributed by atoms with van der Waals surface area (Å²) in [4.78, 5) is 4.42. The maximum absolute atomic E-state index is 6.11. The zero-order valence-corrected chi connectivity index (χ0v) is 8.46. The Morgan fingerprint density at radius 2 is 2.07 bits per heavy atom. The van der Waals surface area contributed by atoms with E-state index in [0.717, 1.165) is 21.8 Å². The molecule has 2 heteroatoms. The molecule has 0 amide bonds. The number of benzene rings is 1. The van der Waals surface area contributed by atoms with Crippen LogP contribution in [0.1, 0.15) is 24.3 Å². The predicted octanol–water partition coefficient (Wildman–Crippen LogP) is 3.77. The number of para-hydroxylation sites is 1. The molecule has 0 bridgehead atoms. The van der Waals surface area contributed by atoms with Gasteiger partial charge in [-0.1, -0.05) is 29.8 Å². The van der Waals surface area contributed by atoms with Crippen LogP contribution in [0.15, 0.2) is 30.5 Å². The second-order valence-corrected chi connectivity index (χ2v) is 4.22. The van der Waals surface area contributed by atoms with Crippen LogP contribution in [-0.2, 0) is 0 Å². The monoisotopic (exact) mass is 203 g/mol. The molecule has 1 saturated carbocycles. The largest absolute Gasteiger partial charge is 0.256 e. The van der Waals surface area contributed by atoms with Crippen molar-refractivity contribution in [2.24, 2.45) is 0 Å². The van der Waals surface area contributed by atoms with Crippen molar-refractivity contribution < 1.29 is 0 Å². The zero-order chi connectivity index (χ0) is 9.54. The van der Waals surface area contributed by atoms with Gasteiger partial charge in [0.25, 0.3) is 0 Å². The fraction of sp³-hybridized carbons (Fsp3) is 0.250. The van der Waals surface area contributed by atoms with Gasteiger partial charge in [-0.05, 0) is 30.4 Å². The number of nitrogens with zero attached hydrogens (tertiary/aromatic N) is 1. The highest BCUT2D eigenvalue weighted by molar-refractivity contribution is 6.35. The molecular formula is C12H10ClN. The maximum Gasteiger partial charge on any atom is 0.0751 e. The van der Waals surface area contributed by atoms with E-state index in [9.17, 15) is 0 Å². The van der Waals surface area contributed by atoms with Crippen LogP contribution in [0.5, 0.6) is 0 Å². The summed E-state index contributed by atoms with van der Waals surface area (Å²) < 4.78 is 0. The minimum atomic E-state index is 0.727. The molecule has 1 fully saturated rings. The van der Waals surface area contributed by atoms with Crippen LogP contribution in [0.2, 0.25) is 5.02 Å². The molecule has 1 aromatic carbocycles. The summed E-state index contributed by atoms with van der Waals surface area (Å²) in [5.74, 6) is 0.727. The molecule has 0 spiro atoms. The quantitative estimate of drug-likeness (QED) is 0.688. The van der Waals surface area contributed by atoms with Crippen molar-refractivity contribution in [3.8, 4) is 0 Å². The Morgan fingerprint density at radius 3 is 2.86 bits per heavy atom. The Bertz CT molecular complexity index is 489. The average Bonchev–Trinajstić information content (AvgIpc) is 3.01. The molecule has 14 heavy (non-hydrogen) atoms. The van der Waals surface area contributed by atoms with Gasteiger partial charge in [-0.2, -0.15) is 0 Å². The number of halogens is 1.